The lowest BCUT2D eigenvalue weighted by atomic mass is 9.98. The molecule has 0 saturated heterocycles. The molecular formula is C23H18N4O2. The fourth-order valence-corrected chi connectivity index (χ4v) is 3.49. The van der Waals surface area contributed by atoms with Gasteiger partial charge in [0, 0.05) is 24.4 Å². The standard InChI is InChI=1S/C23H18N4O2/c1-27-21-17-10-6-5-9-16(17)11-12-18(21)20(26-27)22(28)19(13-24)23(29)25-14-15-7-3-2-4-8-15/h2-12,19H,14H2,1H3,(H,25,29). The van der Waals surface area contributed by atoms with Gasteiger partial charge in [-0.25, -0.2) is 0 Å². The first-order chi connectivity index (χ1) is 14.1. The lowest BCUT2D eigenvalue weighted by Crippen LogP contribution is -2.34. The van der Waals surface area contributed by atoms with E-state index in [-0.39, 0.29) is 12.2 Å². The molecule has 1 unspecified atom stereocenters. The second-order valence-corrected chi connectivity index (χ2v) is 6.78. The molecular weight excluding hydrogens is 364 g/mol. The lowest BCUT2D eigenvalue weighted by molar-refractivity contribution is -0.122. The summed E-state index contributed by atoms with van der Waals surface area (Å²) in [7, 11) is 1.75. The normalized spacial score (nSPS) is 11.9. The fourth-order valence-electron chi connectivity index (χ4n) is 3.49. The van der Waals surface area contributed by atoms with E-state index in [1.807, 2.05) is 72.8 Å². The number of amides is 1. The second-order valence-electron chi connectivity index (χ2n) is 6.78. The number of fused-ring (bicyclic) bond motifs is 3. The van der Waals surface area contributed by atoms with E-state index in [4.69, 9.17) is 0 Å². The van der Waals surface area contributed by atoms with Crippen LogP contribution in [0.15, 0.2) is 66.7 Å². The van der Waals surface area contributed by atoms with Crippen LogP contribution in [0, 0.1) is 17.2 Å². The SMILES string of the molecule is Cn1nc(C(=O)C(C#N)C(=O)NCc2ccccc2)c2ccc3ccccc3c21. The number of Topliss-reactive ketones (excluding diaryl/α,β-unsaturated/α-hetero) is 1. The van der Waals surface area contributed by atoms with Gasteiger partial charge >= 0.3 is 0 Å². The van der Waals surface area contributed by atoms with Crippen molar-refractivity contribution in [2.75, 3.05) is 0 Å². The summed E-state index contributed by atoms with van der Waals surface area (Å²) in [5.74, 6) is -2.68. The molecule has 3 aromatic carbocycles. The molecule has 4 rings (SSSR count). The van der Waals surface area contributed by atoms with Gasteiger partial charge in [0.2, 0.25) is 11.7 Å². The van der Waals surface area contributed by atoms with Crippen molar-refractivity contribution in [3.8, 4) is 6.07 Å². The van der Waals surface area contributed by atoms with Gasteiger partial charge in [0.05, 0.1) is 11.6 Å². The predicted molar refractivity (Wildman–Crippen MR) is 110 cm³/mol. The van der Waals surface area contributed by atoms with Gasteiger partial charge in [0.1, 0.15) is 5.69 Å². The number of nitriles is 1. The summed E-state index contributed by atoms with van der Waals surface area (Å²) in [5.41, 5.74) is 1.82. The molecule has 0 aliphatic rings. The molecule has 6 nitrogen and oxygen atoms in total. The smallest absolute Gasteiger partial charge is 0.245 e. The minimum atomic E-state index is -1.46. The van der Waals surface area contributed by atoms with Gasteiger partial charge in [0.25, 0.3) is 0 Å². The summed E-state index contributed by atoms with van der Waals surface area (Å²) >= 11 is 0. The summed E-state index contributed by atoms with van der Waals surface area (Å²) < 4.78 is 1.63. The zero-order chi connectivity index (χ0) is 20.4. The summed E-state index contributed by atoms with van der Waals surface area (Å²) in [6, 6.07) is 22.7. The molecule has 0 bridgehead atoms. The number of nitrogens with zero attached hydrogens (tertiary/aromatic N) is 3. The Balaban J connectivity index is 1.65. The van der Waals surface area contributed by atoms with Crippen molar-refractivity contribution < 1.29 is 9.59 Å². The number of hydrogen-bond acceptors (Lipinski definition) is 4. The van der Waals surface area contributed by atoms with E-state index in [2.05, 4.69) is 10.4 Å². The van der Waals surface area contributed by atoms with Crippen LogP contribution < -0.4 is 5.32 Å². The summed E-state index contributed by atoms with van der Waals surface area (Å²) in [4.78, 5) is 25.6. The number of carbonyl (C=O) groups excluding carboxylic acids is 2. The van der Waals surface area contributed by atoms with Gasteiger partial charge in [-0.15, -0.1) is 0 Å². The molecule has 0 radical (unpaired) electrons. The molecule has 0 spiro atoms. The lowest BCUT2D eigenvalue weighted by Gasteiger charge is -2.09. The number of rotatable bonds is 5. The Morgan fingerprint density at radius 1 is 1.03 bits per heavy atom. The van der Waals surface area contributed by atoms with Gasteiger partial charge in [-0.1, -0.05) is 60.7 Å². The van der Waals surface area contributed by atoms with Crippen molar-refractivity contribution in [2.45, 2.75) is 6.54 Å². The van der Waals surface area contributed by atoms with E-state index in [1.54, 1.807) is 11.7 Å². The average Bonchev–Trinajstić information content (AvgIpc) is 3.10. The summed E-state index contributed by atoms with van der Waals surface area (Å²) in [5, 5.41) is 19.1. The van der Waals surface area contributed by atoms with Crippen molar-refractivity contribution >= 4 is 33.4 Å². The van der Waals surface area contributed by atoms with Crippen molar-refractivity contribution in [1.29, 1.82) is 5.26 Å². The van der Waals surface area contributed by atoms with Crippen molar-refractivity contribution in [3.63, 3.8) is 0 Å². The maximum Gasteiger partial charge on any atom is 0.245 e. The average molecular weight is 382 g/mol. The number of nitrogens with one attached hydrogen (secondary N) is 1. The van der Waals surface area contributed by atoms with Crippen LogP contribution in [0.3, 0.4) is 0 Å². The van der Waals surface area contributed by atoms with Crippen LogP contribution in [-0.4, -0.2) is 21.5 Å². The third kappa shape index (κ3) is 3.34. The van der Waals surface area contributed by atoms with Gasteiger partial charge in [-0.3, -0.25) is 14.3 Å². The summed E-state index contributed by atoms with van der Waals surface area (Å²) in [6.45, 7) is 0.249. The van der Waals surface area contributed by atoms with Crippen LogP contribution in [0.2, 0.25) is 0 Å². The van der Waals surface area contributed by atoms with E-state index >= 15 is 0 Å². The Labute approximate surface area is 167 Å². The van der Waals surface area contributed by atoms with Crippen molar-refractivity contribution in [1.82, 2.24) is 15.1 Å². The Hall–Kier alpha value is -3.98. The first-order valence-electron chi connectivity index (χ1n) is 9.20. The van der Waals surface area contributed by atoms with Gasteiger partial charge in [0.15, 0.2) is 5.92 Å². The molecule has 29 heavy (non-hydrogen) atoms. The largest absolute Gasteiger partial charge is 0.350 e. The first-order valence-corrected chi connectivity index (χ1v) is 9.20. The third-order valence-corrected chi connectivity index (χ3v) is 4.93. The zero-order valence-corrected chi connectivity index (χ0v) is 15.8. The fraction of sp³-hybridized carbons (Fsp3) is 0.130. The highest BCUT2D eigenvalue weighted by Crippen LogP contribution is 2.28. The Morgan fingerprint density at radius 2 is 1.76 bits per heavy atom. The molecule has 142 valence electrons. The molecule has 0 fully saturated rings. The number of hydrogen-bond donors (Lipinski definition) is 1. The van der Waals surface area contributed by atoms with E-state index in [9.17, 15) is 14.9 Å². The third-order valence-electron chi connectivity index (χ3n) is 4.93. The van der Waals surface area contributed by atoms with Gasteiger partial charge in [-0.2, -0.15) is 10.4 Å². The van der Waals surface area contributed by atoms with E-state index in [0.717, 1.165) is 21.9 Å². The van der Waals surface area contributed by atoms with Crippen LogP contribution in [0.4, 0.5) is 0 Å². The highest BCUT2D eigenvalue weighted by Gasteiger charge is 2.31. The maximum absolute atomic E-state index is 13.0. The molecule has 4 aromatic rings. The first kappa shape index (κ1) is 18.4. The molecule has 0 aliphatic heterocycles. The Morgan fingerprint density at radius 3 is 2.52 bits per heavy atom. The highest BCUT2D eigenvalue weighted by atomic mass is 16.2. The molecule has 6 heteroatoms. The van der Waals surface area contributed by atoms with Gasteiger partial charge in [-0.05, 0) is 17.0 Å². The molecule has 0 aliphatic carbocycles. The molecule has 1 atom stereocenters. The van der Waals surface area contributed by atoms with Crippen LogP contribution in [0.5, 0.6) is 0 Å². The quantitative estimate of drug-likeness (QED) is 0.423. The van der Waals surface area contributed by atoms with Crippen LogP contribution in [0.1, 0.15) is 16.1 Å². The minimum Gasteiger partial charge on any atom is -0.350 e. The maximum atomic E-state index is 13.0. The van der Waals surface area contributed by atoms with Crippen LogP contribution in [0.25, 0.3) is 21.7 Å². The molecule has 1 amide bonds. The molecule has 1 aromatic heterocycles. The van der Waals surface area contributed by atoms with E-state index < -0.39 is 17.6 Å². The Bertz CT molecular complexity index is 1270. The van der Waals surface area contributed by atoms with Crippen LogP contribution in [-0.2, 0) is 18.4 Å². The van der Waals surface area contributed by atoms with E-state index in [0.29, 0.717) is 5.39 Å². The summed E-state index contributed by atoms with van der Waals surface area (Å²) in [6.07, 6.45) is 0. The molecule has 1 N–H and O–H groups in total. The highest BCUT2D eigenvalue weighted by molar-refractivity contribution is 6.19. The van der Waals surface area contributed by atoms with Crippen molar-refractivity contribution in [2.24, 2.45) is 13.0 Å². The topological polar surface area (TPSA) is 87.8 Å². The minimum absolute atomic E-state index is 0.134. The number of benzene rings is 3. The number of aryl methyl sites for hydroxylation is 1. The van der Waals surface area contributed by atoms with E-state index in [1.165, 1.54) is 0 Å². The number of ketones is 1. The Kier molecular flexibility index (Phi) is 4.80. The monoisotopic (exact) mass is 382 g/mol. The molecule has 0 saturated carbocycles. The number of carbonyl (C=O) groups is 2. The van der Waals surface area contributed by atoms with Crippen LogP contribution >= 0.6 is 0 Å². The predicted octanol–water partition coefficient (Wildman–Crippen LogP) is 3.37. The molecule has 1 heterocycles. The van der Waals surface area contributed by atoms with Crippen molar-refractivity contribution in [3.05, 3.63) is 78.0 Å². The zero-order valence-electron chi connectivity index (χ0n) is 15.8. The van der Waals surface area contributed by atoms with Gasteiger partial charge < -0.3 is 5.32 Å². The second kappa shape index (κ2) is 7.56. The number of aromatic nitrogens is 2.